The number of carbonyl (C=O) groups excluding carboxylic acids is 2. The summed E-state index contributed by atoms with van der Waals surface area (Å²) in [4.78, 5) is 24.1. The second kappa shape index (κ2) is 9.12. The minimum atomic E-state index is -0.334. The molecule has 1 aromatic carbocycles. The highest BCUT2D eigenvalue weighted by molar-refractivity contribution is 8.04. The van der Waals surface area contributed by atoms with Crippen molar-refractivity contribution in [1.82, 2.24) is 5.32 Å². The van der Waals surface area contributed by atoms with Crippen LogP contribution in [0.1, 0.15) is 29.6 Å². The molecule has 7 heteroatoms. The maximum atomic E-state index is 12.2. The fourth-order valence-corrected chi connectivity index (χ4v) is 3.46. The highest BCUT2D eigenvalue weighted by Gasteiger charge is 2.30. The summed E-state index contributed by atoms with van der Waals surface area (Å²) in [7, 11) is 1.37. The standard InChI is InChI=1S/C17H20N2O4S/c1-23-15(20)10-6-5-9-14-16(19-22)13(11-24-14)18-17(21)12-7-3-2-4-8-12/h2-4,7-9,13,22H,5-6,10-11H2,1H3,(H,18,21)/b14-9+,19-16?. The van der Waals surface area contributed by atoms with Gasteiger partial charge in [-0.05, 0) is 25.0 Å². The summed E-state index contributed by atoms with van der Waals surface area (Å²) in [5.74, 6) is 0.173. The Kier molecular flexibility index (Phi) is 6.87. The smallest absolute Gasteiger partial charge is 0.305 e. The summed E-state index contributed by atoms with van der Waals surface area (Å²) in [5.41, 5.74) is 1.03. The van der Waals surface area contributed by atoms with E-state index in [0.717, 1.165) is 4.91 Å². The summed E-state index contributed by atoms with van der Waals surface area (Å²) in [6.07, 6.45) is 3.62. The molecule has 0 radical (unpaired) electrons. The molecule has 1 amide bonds. The summed E-state index contributed by atoms with van der Waals surface area (Å²) in [5, 5.41) is 15.5. The van der Waals surface area contributed by atoms with Crippen molar-refractivity contribution in [2.45, 2.75) is 25.3 Å². The lowest BCUT2D eigenvalue weighted by Crippen LogP contribution is -2.39. The van der Waals surface area contributed by atoms with Crippen molar-refractivity contribution in [3.05, 3.63) is 46.9 Å². The van der Waals surface area contributed by atoms with E-state index in [0.29, 0.717) is 36.3 Å². The fourth-order valence-electron chi connectivity index (χ4n) is 2.30. The van der Waals surface area contributed by atoms with Gasteiger partial charge in [0.1, 0.15) is 5.71 Å². The van der Waals surface area contributed by atoms with E-state index in [4.69, 9.17) is 0 Å². The zero-order valence-electron chi connectivity index (χ0n) is 13.4. The van der Waals surface area contributed by atoms with Crippen LogP contribution in [-0.4, -0.2) is 41.7 Å². The second-order valence-electron chi connectivity index (χ2n) is 5.23. The van der Waals surface area contributed by atoms with Crippen molar-refractivity contribution in [2.75, 3.05) is 12.9 Å². The average molecular weight is 348 g/mol. The molecule has 1 aliphatic heterocycles. The maximum absolute atomic E-state index is 12.2. The molecule has 24 heavy (non-hydrogen) atoms. The number of nitrogens with zero attached hydrogens (tertiary/aromatic N) is 1. The zero-order chi connectivity index (χ0) is 17.4. The number of allylic oxidation sites excluding steroid dienone is 1. The number of benzene rings is 1. The van der Waals surface area contributed by atoms with Gasteiger partial charge in [-0.15, -0.1) is 11.8 Å². The van der Waals surface area contributed by atoms with Gasteiger partial charge in [0.15, 0.2) is 0 Å². The molecule has 0 aliphatic carbocycles. The van der Waals surface area contributed by atoms with Crippen LogP contribution in [0.25, 0.3) is 0 Å². The van der Waals surface area contributed by atoms with Gasteiger partial charge in [0.05, 0.1) is 13.2 Å². The molecule has 6 nitrogen and oxygen atoms in total. The van der Waals surface area contributed by atoms with Gasteiger partial charge in [0, 0.05) is 22.6 Å². The van der Waals surface area contributed by atoms with Gasteiger partial charge >= 0.3 is 5.97 Å². The second-order valence-corrected chi connectivity index (χ2v) is 6.29. The Hall–Kier alpha value is -2.28. The van der Waals surface area contributed by atoms with E-state index in [1.54, 1.807) is 24.3 Å². The molecule has 1 aromatic rings. The van der Waals surface area contributed by atoms with Crippen LogP contribution in [-0.2, 0) is 9.53 Å². The lowest BCUT2D eigenvalue weighted by atomic mass is 10.1. The molecule has 1 fully saturated rings. The van der Waals surface area contributed by atoms with Crippen LogP contribution in [0, 0.1) is 0 Å². The Balaban J connectivity index is 1.92. The lowest BCUT2D eigenvalue weighted by molar-refractivity contribution is -0.140. The van der Waals surface area contributed by atoms with Crippen LogP contribution >= 0.6 is 11.8 Å². The van der Waals surface area contributed by atoms with Crippen molar-refractivity contribution in [1.29, 1.82) is 0 Å². The number of unbranched alkanes of at least 4 members (excludes halogenated alkanes) is 1. The number of oxime groups is 1. The number of hydrogen-bond acceptors (Lipinski definition) is 6. The van der Waals surface area contributed by atoms with E-state index in [9.17, 15) is 14.8 Å². The van der Waals surface area contributed by atoms with Crippen molar-refractivity contribution >= 4 is 29.4 Å². The van der Waals surface area contributed by atoms with Gasteiger partial charge < -0.3 is 15.3 Å². The van der Waals surface area contributed by atoms with Crippen molar-refractivity contribution in [2.24, 2.45) is 5.16 Å². The molecule has 1 heterocycles. The third-order valence-electron chi connectivity index (χ3n) is 3.58. The van der Waals surface area contributed by atoms with Crippen LogP contribution in [0.2, 0.25) is 0 Å². The van der Waals surface area contributed by atoms with Gasteiger partial charge in [-0.2, -0.15) is 0 Å². The molecular formula is C17H20N2O4S. The number of methoxy groups -OCH3 is 1. The maximum Gasteiger partial charge on any atom is 0.305 e. The molecule has 1 unspecified atom stereocenters. The first-order valence-corrected chi connectivity index (χ1v) is 8.62. The quantitative estimate of drug-likeness (QED) is 0.357. The molecule has 0 saturated carbocycles. The van der Waals surface area contributed by atoms with Crippen LogP contribution in [0.3, 0.4) is 0 Å². The van der Waals surface area contributed by atoms with Crippen LogP contribution in [0.15, 0.2) is 46.5 Å². The van der Waals surface area contributed by atoms with E-state index in [1.807, 2.05) is 12.1 Å². The van der Waals surface area contributed by atoms with Crippen molar-refractivity contribution < 1.29 is 19.5 Å². The number of esters is 1. The van der Waals surface area contributed by atoms with Gasteiger partial charge in [-0.25, -0.2) is 0 Å². The number of thioether (sulfide) groups is 1. The number of hydrogen-bond donors (Lipinski definition) is 2. The van der Waals surface area contributed by atoms with E-state index in [1.165, 1.54) is 18.9 Å². The topological polar surface area (TPSA) is 88.0 Å². The first kappa shape index (κ1) is 18.1. The zero-order valence-corrected chi connectivity index (χ0v) is 14.2. The first-order valence-electron chi connectivity index (χ1n) is 7.63. The summed E-state index contributed by atoms with van der Waals surface area (Å²) in [6, 6.07) is 8.57. The van der Waals surface area contributed by atoms with Gasteiger partial charge in [-0.3, -0.25) is 9.59 Å². The van der Waals surface area contributed by atoms with Crippen molar-refractivity contribution in [3.63, 3.8) is 0 Å². The third-order valence-corrected chi connectivity index (χ3v) is 4.77. The Labute approximate surface area is 145 Å². The van der Waals surface area contributed by atoms with Crippen LogP contribution < -0.4 is 5.32 Å². The number of rotatable bonds is 6. The minimum Gasteiger partial charge on any atom is -0.469 e. The number of nitrogens with one attached hydrogen (secondary N) is 1. The molecule has 1 aliphatic rings. The molecule has 2 N–H and O–H groups in total. The minimum absolute atomic E-state index is 0.200. The number of amides is 1. The summed E-state index contributed by atoms with van der Waals surface area (Å²) >= 11 is 1.52. The van der Waals surface area contributed by atoms with E-state index in [2.05, 4.69) is 15.2 Å². The normalized spacial score (nSPS) is 20.3. The average Bonchev–Trinajstić information content (AvgIpc) is 3.00. The van der Waals surface area contributed by atoms with E-state index < -0.39 is 0 Å². The molecular weight excluding hydrogens is 328 g/mol. The highest BCUT2D eigenvalue weighted by atomic mass is 32.2. The first-order chi connectivity index (χ1) is 11.7. The molecule has 0 aromatic heterocycles. The lowest BCUT2D eigenvalue weighted by Gasteiger charge is -2.12. The largest absolute Gasteiger partial charge is 0.469 e. The Morgan fingerprint density at radius 1 is 1.42 bits per heavy atom. The van der Waals surface area contributed by atoms with E-state index >= 15 is 0 Å². The molecule has 1 saturated heterocycles. The number of ether oxygens (including phenoxy) is 1. The molecule has 2 rings (SSSR count). The Morgan fingerprint density at radius 3 is 2.83 bits per heavy atom. The molecule has 1 atom stereocenters. The Morgan fingerprint density at radius 2 is 2.17 bits per heavy atom. The fraction of sp³-hybridized carbons (Fsp3) is 0.353. The number of carbonyl (C=O) groups is 2. The molecule has 0 spiro atoms. The summed E-state index contributed by atoms with van der Waals surface area (Å²) < 4.78 is 4.59. The molecule has 128 valence electrons. The summed E-state index contributed by atoms with van der Waals surface area (Å²) in [6.45, 7) is 0. The highest BCUT2D eigenvalue weighted by Crippen LogP contribution is 2.29. The third kappa shape index (κ3) is 4.86. The van der Waals surface area contributed by atoms with Crippen LogP contribution in [0.5, 0.6) is 0 Å². The van der Waals surface area contributed by atoms with Gasteiger partial charge in [0.2, 0.25) is 0 Å². The predicted octanol–water partition coefficient (Wildman–Crippen LogP) is 2.59. The molecule has 0 bridgehead atoms. The van der Waals surface area contributed by atoms with Crippen molar-refractivity contribution in [3.8, 4) is 0 Å². The predicted molar refractivity (Wildman–Crippen MR) is 93.3 cm³/mol. The Bertz CT molecular complexity index is 643. The van der Waals surface area contributed by atoms with Gasteiger partial charge in [0.25, 0.3) is 5.91 Å². The monoisotopic (exact) mass is 348 g/mol. The SMILES string of the molecule is COC(=O)CCC/C=C1/SCC(NC(=O)c2ccccc2)C1=NO. The van der Waals surface area contributed by atoms with Crippen LogP contribution in [0.4, 0.5) is 0 Å². The van der Waals surface area contributed by atoms with E-state index in [-0.39, 0.29) is 17.9 Å². The van der Waals surface area contributed by atoms with Gasteiger partial charge in [-0.1, -0.05) is 29.4 Å².